The molecule has 2 N–H and O–H groups in total. The Labute approximate surface area is 166 Å². The summed E-state index contributed by atoms with van der Waals surface area (Å²) in [6.07, 6.45) is -0.401. The third kappa shape index (κ3) is 3.02. The van der Waals surface area contributed by atoms with Crippen molar-refractivity contribution in [3.05, 3.63) is 59.7 Å². The summed E-state index contributed by atoms with van der Waals surface area (Å²) in [7, 11) is 1.56. The zero-order valence-electron chi connectivity index (χ0n) is 15.7. The largest absolute Gasteiger partial charge is 0.497 e. The quantitative estimate of drug-likeness (QED) is 0.811. The van der Waals surface area contributed by atoms with Crippen LogP contribution in [-0.2, 0) is 19.9 Å². The molecule has 2 aliphatic heterocycles. The first kappa shape index (κ1) is 18.7. The van der Waals surface area contributed by atoms with Crippen LogP contribution in [0.25, 0.3) is 0 Å². The van der Waals surface area contributed by atoms with E-state index in [0.29, 0.717) is 22.7 Å². The number of benzene rings is 2. The molecule has 0 aliphatic carbocycles. The molecule has 29 heavy (non-hydrogen) atoms. The van der Waals surface area contributed by atoms with Crippen LogP contribution in [0.5, 0.6) is 5.75 Å². The van der Waals surface area contributed by atoms with Gasteiger partial charge in [0.15, 0.2) is 5.54 Å². The maximum atomic E-state index is 13.1. The molecule has 2 heterocycles. The van der Waals surface area contributed by atoms with Crippen molar-refractivity contribution < 1.29 is 24.2 Å². The molecular weight excluding hydrogens is 374 g/mol. The van der Waals surface area contributed by atoms with E-state index in [-0.39, 0.29) is 25.2 Å². The van der Waals surface area contributed by atoms with E-state index >= 15 is 0 Å². The number of rotatable bonds is 5. The van der Waals surface area contributed by atoms with Crippen molar-refractivity contribution in [2.24, 2.45) is 5.10 Å². The van der Waals surface area contributed by atoms with Crippen molar-refractivity contribution in [2.75, 3.05) is 12.4 Å². The van der Waals surface area contributed by atoms with E-state index in [4.69, 9.17) is 9.84 Å². The lowest BCUT2D eigenvalue weighted by Crippen LogP contribution is -2.48. The van der Waals surface area contributed by atoms with Crippen molar-refractivity contribution >= 4 is 29.2 Å². The molecule has 2 aromatic carbocycles. The summed E-state index contributed by atoms with van der Waals surface area (Å²) in [4.78, 5) is 37.0. The Balaban J connectivity index is 1.80. The average molecular weight is 393 g/mol. The Kier molecular flexibility index (Phi) is 4.54. The van der Waals surface area contributed by atoms with Crippen molar-refractivity contribution in [3.8, 4) is 5.75 Å². The second-order valence-corrected chi connectivity index (χ2v) is 6.91. The lowest BCUT2D eigenvalue weighted by atomic mass is 9.85. The fourth-order valence-corrected chi connectivity index (χ4v) is 3.80. The van der Waals surface area contributed by atoms with Crippen molar-refractivity contribution in [1.29, 1.82) is 0 Å². The van der Waals surface area contributed by atoms with E-state index in [0.717, 1.165) is 10.6 Å². The average Bonchev–Trinajstić information content (AvgIpc) is 3.26. The Bertz CT molecular complexity index is 1050. The van der Waals surface area contributed by atoms with E-state index in [9.17, 15) is 14.4 Å². The number of carboxylic acid groups (broad SMARTS) is 1. The van der Waals surface area contributed by atoms with Gasteiger partial charge < -0.3 is 15.2 Å². The molecule has 8 heteroatoms. The number of methoxy groups -OCH3 is 1. The zero-order valence-corrected chi connectivity index (χ0v) is 15.7. The number of ether oxygens (including phenoxy) is 1. The highest BCUT2D eigenvalue weighted by molar-refractivity contribution is 6.15. The van der Waals surface area contributed by atoms with Gasteiger partial charge in [-0.3, -0.25) is 14.4 Å². The number of nitrogens with zero attached hydrogens (tertiary/aromatic N) is 2. The molecule has 0 bridgehead atoms. The Morgan fingerprint density at radius 1 is 1.21 bits per heavy atom. The van der Waals surface area contributed by atoms with Gasteiger partial charge in [-0.25, -0.2) is 5.01 Å². The number of hydrogen-bond acceptors (Lipinski definition) is 5. The number of hydrazone groups is 1. The minimum atomic E-state index is -1.33. The molecule has 0 aromatic heterocycles. The van der Waals surface area contributed by atoms with E-state index in [2.05, 4.69) is 10.4 Å². The number of para-hydroxylation sites is 1. The van der Waals surface area contributed by atoms with Gasteiger partial charge in [-0.15, -0.1) is 0 Å². The molecule has 2 aromatic rings. The number of amides is 2. The molecule has 2 aliphatic rings. The van der Waals surface area contributed by atoms with Gasteiger partial charge in [-0.1, -0.05) is 30.3 Å². The van der Waals surface area contributed by atoms with Gasteiger partial charge in [0.1, 0.15) is 5.75 Å². The molecule has 1 atom stereocenters. The predicted molar refractivity (Wildman–Crippen MR) is 105 cm³/mol. The Hall–Kier alpha value is -3.68. The van der Waals surface area contributed by atoms with Crippen LogP contribution in [-0.4, -0.2) is 40.7 Å². The zero-order chi connectivity index (χ0) is 20.6. The monoisotopic (exact) mass is 393 g/mol. The van der Waals surface area contributed by atoms with Crippen molar-refractivity contribution in [3.63, 3.8) is 0 Å². The van der Waals surface area contributed by atoms with Crippen LogP contribution in [0.2, 0.25) is 0 Å². The van der Waals surface area contributed by atoms with Gasteiger partial charge in [0.25, 0.3) is 5.91 Å². The van der Waals surface area contributed by atoms with E-state index < -0.39 is 17.4 Å². The first-order chi connectivity index (χ1) is 14.0. The van der Waals surface area contributed by atoms with Crippen LogP contribution in [0.4, 0.5) is 5.69 Å². The smallest absolute Gasteiger partial charge is 0.303 e. The summed E-state index contributed by atoms with van der Waals surface area (Å²) in [5, 5.41) is 17.4. The normalized spacial score (nSPS) is 19.7. The highest BCUT2D eigenvalue weighted by Crippen LogP contribution is 2.47. The van der Waals surface area contributed by atoms with Crippen LogP contribution in [0.1, 0.15) is 30.4 Å². The van der Waals surface area contributed by atoms with Crippen LogP contribution < -0.4 is 10.1 Å². The van der Waals surface area contributed by atoms with E-state index in [1.54, 1.807) is 49.6 Å². The number of carboxylic acids is 1. The number of aliphatic carboxylic acids is 1. The van der Waals surface area contributed by atoms with Gasteiger partial charge in [0.2, 0.25) is 5.91 Å². The SMILES string of the molecule is COc1cccc(C2=NN(C(=O)CCC(=O)O)[C@@]3(C2)C(=O)Nc2ccccc23)c1. The molecule has 0 saturated carbocycles. The maximum Gasteiger partial charge on any atom is 0.303 e. The molecule has 4 rings (SSSR count). The fourth-order valence-electron chi connectivity index (χ4n) is 3.80. The number of anilines is 1. The van der Waals surface area contributed by atoms with Crippen LogP contribution in [0.15, 0.2) is 53.6 Å². The number of nitrogens with one attached hydrogen (secondary N) is 1. The third-order valence-electron chi connectivity index (χ3n) is 5.19. The highest BCUT2D eigenvalue weighted by Gasteiger charge is 2.57. The number of hydrogen-bond donors (Lipinski definition) is 2. The topological polar surface area (TPSA) is 108 Å². The molecule has 0 radical (unpaired) electrons. The van der Waals surface area contributed by atoms with Gasteiger partial charge in [0.05, 0.1) is 19.2 Å². The van der Waals surface area contributed by atoms with Crippen LogP contribution in [0, 0.1) is 0 Å². The van der Waals surface area contributed by atoms with Crippen LogP contribution in [0.3, 0.4) is 0 Å². The van der Waals surface area contributed by atoms with E-state index in [1.807, 2.05) is 6.07 Å². The summed E-state index contributed by atoms with van der Waals surface area (Å²) in [5.41, 5.74) is 1.23. The molecule has 0 unspecified atom stereocenters. The molecule has 8 nitrogen and oxygen atoms in total. The maximum absolute atomic E-state index is 13.1. The second kappa shape index (κ2) is 7.05. The van der Waals surface area contributed by atoms with E-state index in [1.165, 1.54) is 0 Å². The molecule has 1 spiro atoms. The Morgan fingerprint density at radius 2 is 2.00 bits per heavy atom. The fraction of sp³-hybridized carbons (Fsp3) is 0.238. The molecule has 0 saturated heterocycles. The third-order valence-corrected chi connectivity index (χ3v) is 5.19. The second-order valence-electron chi connectivity index (χ2n) is 6.91. The lowest BCUT2D eigenvalue weighted by molar-refractivity contribution is -0.146. The van der Waals surface area contributed by atoms with Crippen molar-refractivity contribution in [1.82, 2.24) is 5.01 Å². The number of carbonyl (C=O) groups excluding carboxylic acids is 2. The minimum absolute atomic E-state index is 0.182. The van der Waals surface area contributed by atoms with Crippen LogP contribution >= 0.6 is 0 Å². The molecule has 2 amide bonds. The number of fused-ring (bicyclic) bond motifs is 2. The summed E-state index contributed by atoms with van der Waals surface area (Å²) >= 11 is 0. The standard InChI is InChI=1S/C21H19N3O5/c1-29-14-6-4-5-13(11-14)17-12-21(24(23-17)18(25)9-10-19(26)27)15-7-2-3-8-16(15)22-20(21)28/h2-8,11H,9-10,12H2,1H3,(H,22,28)(H,26,27)/t21-/m1/s1. The van der Waals surface area contributed by atoms with Crippen molar-refractivity contribution in [2.45, 2.75) is 24.8 Å². The first-order valence-electron chi connectivity index (χ1n) is 9.13. The Morgan fingerprint density at radius 3 is 2.76 bits per heavy atom. The first-order valence-corrected chi connectivity index (χ1v) is 9.13. The number of carbonyl (C=O) groups is 3. The van der Waals surface area contributed by atoms with Gasteiger partial charge in [-0.2, -0.15) is 5.10 Å². The summed E-state index contributed by atoms with van der Waals surface area (Å²) < 4.78 is 5.27. The lowest BCUT2D eigenvalue weighted by Gasteiger charge is -2.30. The molecular formula is C21H19N3O5. The van der Waals surface area contributed by atoms with Gasteiger partial charge in [-0.05, 0) is 18.2 Å². The minimum Gasteiger partial charge on any atom is -0.497 e. The summed E-state index contributed by atoms with van der Waals surface area (Å²) in [5.74, 6) is -1.33. The predicted octanol–water partition coefficient (Wildman–Crippen LogP) is 2.34. The van der Waals surface area contributed by atoms with Gasteiger partial charge in [0, 0.05) is 29.7 Å². The van der Waals surface area contributed by atoms with Gasteiger partial charge >= 0.3 is 5.97 Å². The summed E-state index contributed by atoms with van der Waals surface area (Å²) in [6.45, 7) is 0. The molecule has 0 fully saturated rings. The summed E-state index contributed by atoms with van der Waals surface area (Å²) in [6, 6.07) is 14.4. The molecule has 148 valence electrons. The highest BCUT2D eigenvalue weighted by atomic mass is 16.5.